The summed E-state index contributed by atoms with van der Waals surface area (Å²) in [6, 6.07) is 10.1. The molecule has 27 heavy (non-hydrogen) atoms. The van der Waals surface area contributed by atoms with Gasteiger partial charge in [0.25, 0.3) is 0 Å². The van der Waals surface area contributed by atoms with Crippen molar-refractivity contribution in [2.45, 2.75) is 16.8 Å². The third-order valence-electron chi connectivity index (χ3n) is 4.05. The summed E-state index contributed by atoms with van der Waals surface area (Å²) in [7, 11) is 0.778. The number of hydrogen-bond donors (Lipinski definition) is 0. The van der Waals surface area contributed by atoms with Crippen molar-refractivity contribution in [2.75, 3.05) is 21.3 Å². The average molecular weight is 405 g/mol. The van der Waals surface area contributed by atoms with Crippen LogP contribution in [0.1, 0.15) is 5.56 Å². The number of thiazole rings is 1. The first kappa shape index (κ1) is 19.2. The maximum atomic E-state index is 13.1. The summed E-state index contributed by atoms with van der Waals surface area (Å²) in [5, 5.41) is 0.00521. The van der Waals surface area contributed by atoms with E-state index in [1.165, 1.54) is 38.2 Å². The molecule has 0 spiro atoms. The van der Waals surface area contributed by atoms with Crippen LogP contribution in [-0.2, 0) is 9.84 Å². The maximum Gasteiger partial charge on any atom is 0.225 e. The van der Waals surface area contributed by atoms with Gasteiger partial charge >= 0.3 is 0 Å². The van der Waals surface area contributed by atoms with Crippen LogP contribution in [0.3, 0.4) is 0 Å². The normalized spacial score (nSPS) is 11.3. The van der Waals surface area contributed by atoms with E-state index in [1.54, 1.807) is 36.4 Å². The van der Waals surface area contributed by atoms with Crippen molar-refractivity contribution in [3.8, 4) is 27.7 Å². The minimum atomic E-state index is -3.76. The van der Waals surface area contributed by atoms with Gasteiger partial charge < -0.3 is 14.2 Å². The Labute approximate surface area is 162 Å². The van der Waals surface area contributed by atoms with Crippen LogP contribution in [0.4, 0.5) is 0 Å². The van der Waals surface area contributed by atoms with Crippen LogP contribution >= 0.6 is 11.3 Å². The second-order valence-electron chi connectivity index (χ2n) is 5.72. The van der Waals surface area contributed by atoms with E-state index in [2.05, 4.69) is 4.98 Å². The fourth-order valence-corrected chi connectivity index (χ4v) is 5.14. The number of nitrogens with zero attached hydrogens (tertiary/aromatic N) is 1. The molecule has 142 valence electrons. The molecule has 0 unspecified atom stereocenters. The highest BCUT2D eigenvalue weighted by atomic mass is 32.2. The van der Waals surface area contributed by atoms with Gasteiger partial charge in [0.05, 0.1) is 36.6 Å². The fraction of sp³-hybridized carbons (Fsp3) is 0.211. The van der Waals surface area contributed by atoms with Gasteiger partial charge in [0.15, 0.2) is 16.5 Å². The molecule has 3 aromatic rings. The van der Waals surface area contributed by atoms with Crippen molar-refractivity contribution in [2.24, 2.45) is 0 Å². The van der Waals surface area contributed by atoms with Gasteiger partial charge in [0.2, 0.25) is 15.6 Å². The number of rotatable bonds is 6. The molecule has 0 saturated heterocycles. The van der Waals surface area contributed by atoms with Gasteiger partial charge in [-0.1, -0.05) is 17.7 Å². The monoisotopic (exact) mass is 405 g/mol. The van der Waals surface area contributed by atoms with E-state index < -0.39 is 9.84 Å². The van der Waals surface area contributed by atoms with Gasteiger partial charge in [-0.25, -0.2) is 13.4 Å². The highest BCUT2D eigenvalue weighted by molar-refractivity contribution is 7.91. The molecular formula is C19H19NO5S2. The molecule has 1 aromatic heterocycles. The molecule has 0 fully saturated rings. The quantitative estimate of drug-likeness (QED) is 0.618. The molecule has 0 bridgehead atoms. The first-order chi connectivity index (χ1) is 12.9. The Balaban J connectivity index is 2.17. The van der Waals surface area contributed by atoms with Crippen molar-refractivity contribution in [3.63, 3.8) is 0 Å². The summed E-state index contributed by atoms with van der Waals surface area (Å²) in [5.41, 5.74) is 3.12. The van der Waals surface area contributed by atoms with Crippen molar-refractivity contribution in [3.05, 3.63) is 47.5 Å². The summed E-state index contributed by atoms with van der Waals surface area (Å²) >= 11 is 1.24. The van der Waals surface area contributed by atoms with E-state index in [0.29, 0.717) is 27.7 Å². The lowest BCUT2D eigenvalue weighted by Crippen LogP contribution is -2.04. The molecule has 8 heteroatoms. The molecule has 0 aliphatic rings. The summed E-state index contributed by atoms with van der Waals surface area (Å²) in [6.07, 6.45) is 0. The summed E-state index contributed by atoms with van der Waals surface area (Å²) in [6.45, 7) is 1.90. The Bertz CT molecular complexity index is 1030. The lowest BCUT2D eigenvalue weighted by Gasteiger charge is -2.14. The zero-order valence-electron chi connectivity index (χ0n) is 15.3. The molecule has 6 nitrogen and oxygen atoms in total. The predicted octanol–water partition coefficient (Wildman–Crippen LogP) is 3.98. The van der Waals surface area contributed by atoms with Crippen LogP contribution in [-0.4, -0.2) is 34.7 Å². The third-order valence-corrected chi connectivity index (χ3v) is 6.76. The molecule has 1 heterocycles. The summed E-state index contributed by atoms with van der Waals surface area (Å²) in [5.74, 6) is 1.33. The van der Waals surface area contributed by atoms with Crippen molar-refractivity contribution >= 4 is 21.2 Å². The topological polar surface area (TPSA) is 74.7 Å². The molecule has 0 atom stereocenters. The number of aryl methyl sites for hydroxylation is 1. The molecule has 0 saturated carbocycles. The van der Waals surface area contributed by atoms with Crippen molar-refractivity contribution in [1.82, 2.24) is 4.98 Å². The van der Waals surface area contributed by atoms with E-state index in [1.807, 2.05) is 6.92 Å². The molecule has 0 aliphatic carbocycles. The zero-order valence-corrected chi connectivity index (χ0v) is 17.0. The lowest BCUT2D eigenvalue weighted by molar-refractivity contribution is 0.324. The summed E-state index contributed by atoms with van der Waals surface area (Å²) in [4.78, 5) is 4.84. The van der Waals surface area contributed by atoms with E-state index in [4.69, 9.17) is 14.2 Å². The number of sulfone groups is 1. The van der Waals surface area contributed by atoms with Gasteiger partial charge in [0.1, 0.15) is 0 Å². The van der Waals surface area contributed by atoms with E-state index in [0.717, 1.165) is 5.56 Å². The molecule has 0 N–H and O–H groups in total. The first-order valence-electron chi connectivity index (χ1n) is 7.98. The van der Waals surface area contributed by atoms with Gasteiger partial charge in [-0.2, -0.15) is 0 Å². The molecule has 0 aliphatic heterocycles. The smallest absolute Gasteiger partial charge is 0.225 e. The second kappa shape index (κ2) is 7.58. The van der Waals surface area contributed by atoms with Gasteiger partial charge in [-0.15, -0.1) is 11.3 Å². The standard InChI is InChI=1S/C19H19NO5S2/c1-12-5-7-14(8-6-12)27(21,22)19-18(26-11-20-19)13-9-15(23-2)17(25-4)16(10-13)24-3/h5-11H,1-4H3. The number of aromatic nitrogens is 1. The Morgan fingerprint density at radius 3 is 2.04 bits per heavy atom. The molecule has 2 aromatic carbocycles. The SMILES string of the molecule is COc1cc(-c2scnc2S(=O)(=O)c2ccc(C)cc2)cc(OC)c1OC. The van der Waals surface area contributed by atoms with Crippen LogP contribution in [0, 0.1) is 6.92 Å². The molecular weight excluding hydrogens is 386 g/mol. The van der Waals surface area contributed by atoms with Crippen LogP contribution in [0.2, 0.25) is 0 Å². The highest BCUT2D eigenvalue weighted by Gasteiger charge is 2.26. The Hall–Kier alpha value is -2.58. The predicted molar refractivity (Wildman–Crippen MR) is 104 cm³/mol. The molecule has 3 rings (SSSR count). The lowest BCUT2D eigenvalue weighted by atomic mass is 10.1. The number of benzene rings is 2. The molecule has 0 amide bonds. The van der Waals surface area contributed by atoms with Crippen molar-refractivity contribution in [1.29, 1.82) is 0 Å². The van der Waals surface area contributed by atoms with Crippen molar-refractivity contribution < 1.29 is 22.6 Å². The third kappa shape index (κ3) is 3.50. The van der Waals surface area contributed by atoms with Crippen LogP contribution < -0.4 is 14.2 Å². The fourth-order valence-electron chi connectivity index (χ4n) is 2.66. The average Bonchev–Trinajstić information content (AvgIpc) is 3.17. The van der Waals surface area contributed by atoms with E-state index in [-0.39, 0.29) is 9.92 Å². The largest absolute Gasteiger partial charge is 0.493 e. The van der Waals surface area contributed by atoms with Gasteiger partial charge in [0, 0.05) is 5.56 Å². The zero-order chi connectivity index (χ0) is 19.6. The Morgan fingerprint density at radius 1 is 0.926 bits per heavy atom. The minimum Gasteiger partial charge on any atom is -0.493 e. The number of ether oxygens (including phenoxy) is 3. The van der Waals surface area contributed by atoms with E-state index in [9.17, 15) is 8.42 Å². The number of hydrogen-bond acceptors (Lipinski definition) is 7. The van der Waals surface area contributed by atoms with Crippen LogP contribution in [0.25, 0.3) is 10.4 Å². The first-order valence-corrected chi connectivity index (χ1v) is 10.3. The number of methoxy groups -OCH3 is 3. The van der Waals surface area contributed by atoms with Crippen LogP contribution in [0.5, 0.6) is 17.2 Å². The Kier molecular flexibility index (Phi) is 5.38. The van der Waals surface area contributed by atoms with Crippen LogP contribution in [0.15, 0.2) is 51.8 Å². The maximum absolute atomic E-state index is 13.1. The summed E-state index contributed by atoms with van der Waals surface area (Å²) < 4.78 is 42.2. The van der Waals surface area contributed by atoms with Gasteiger partial charge in [-0.05, 0) is 31.2 Å². The van der Waals surface area contributed by atoms with Gasteiger partial charge in [-0.3, -0.25) is 0 Å². The Morgan fingerprint density at radius 2 is 1.52 bits per heavy atom. The second-order valence-corrected chi connectivity index (χ2v) is 8.44. The highest BCUT2D eigenvalue weighted by Crippen LogP contribution is 2.44. The van der Waals surface area contributed by atoms with E-state index >= 15 is 0 Å². The molecule has 0 radical (unpaired) electrons. The minimum absolute atomic E-state index is 0.00521.